The largest absolute Gasteiger partial charge is 0.357 e. The Morgan fingerprint density at radius 2 is 1.79 bits per heavy atom. The van der Waals surface area contributed by atoms with Gasteiger partial charge in [-0.15, -0.1) is 24.0 Å². The summed E-state index contributed by atoms with van der Waals surface area (Å²) in [6.07, 6.45) is 6.19. The van der Waals surface area contributed by atoms with Crippen molar-refractivity contribution in [2.24, 2.45) is 4.99 Å². The number of hydrogen-bond donors (Lipinski definition) is 2. The maximum absolute atomic E-state index is 12.7. The summed E-state index contributed by atoms with van der Waals surface area (Å²) in [5.74, 6) is 1.98. The van der Waals surface area contributed by atoms with E-state index in [1.165, 1.54) is 19.3 Å². The van der Waals surface area contributed by atoms with E-state index in [0.29, 0.717) is 13.0 Å². The van der Waals surface area contributed by atoms with Crippen molar-refractivity contribution in [1.29, 1.82) is 0 Å². The van der Waals surface area contributed by atoms with E-state index in [4.69, 9.17) is 4.99 Å². The number of likely N-dealkylation sites (tertiary alicyclic amines) is 1. The zero-order chi connectivity index (χ0) is 22.8. The summed E-state index contributed by atoms with van der Waals surface area (Å²) in [6, 6.07) is 5.95. The summed E-state index contributed by atoms with van der Waals surface area (Å²) in [5.41, 5.74) is 0.0475. The van der Waals surface area contributed by atoms with Gasteiger partial charge in [-0.05, 0) is 58.8 Å². The van der Waals surface area contributed by atoms with Gasteiger partial charge in [-0.2, -0.15) is 0 Å². The van der Waals surface area contributed by atoms with Gasteiger partial charge in [-0.3, -0.25) is 14.7 Å². The number of aromatic nitrogens is 1. The molecule has 2 fully saturated rings. The summed E-state index contributed by atoms with van der Waals surface area (Å²) < 4.78 is 0. The quantitative estimate of drug-likeness (QED) is 0.284. The monoisotopic (exact) mass is 571 g/mol. The first-order valence-corrected chi connectivity index (χ1v) is 12.2. The number of guanidine groups is 1. The van der Waals surface area contributed by atoms with Gasteiger partial charge >= 0.3 is 0 Å². The number of halogens is 1. The number of piperazine rings is 1. The molecule has 33 heavy (non-hydrogen) atoms. The van der Waals surface area contributed by atoms with Gasteiger partial charge in [0.2, 0.25) is 5.91 Å². The van der Waals surface area contributed by atoms with Gasteiger partial charge in [0.05, 0.1) is 6.54 Å². The molecule has 2 saturated heterocycles. The van der Waals surface area contributed by atoms with Crippen LogP contribution in [-0.4, -0.2) is 91.1 Å². The Morgan fingerprint density at radius 3 is 2.42 bits per heavy atom. The van der Waals surface area contributed by atoms with E-state index in [1.807, 2.05) is 29.3 Å². The molecular formula is C24H42IN7O. The fourth-order valence-electron chi connectivity index (χ4n) is 4.39. The van der Waals surface area contributed by atoms with E-state index < -0.39 is 0 Å². The van der Waals surface area contributed by atoms with E-state index in [9.17, 15) is 4.79 Å². The highest BCUT2D eigenvalue weighted by Crippen LogP contribution is 2.20. The summed E-state index contributed by atoms with van der Waals surface area (Å²) in [5, 5.41) is 6.67. The lowest BCUT2D eigenvalue weighted by molar-refractivity contribution is -0.131. The molecule has 1 amide bonds. The topological polar surface area (TPSA) is 76.1 Å². The molecule has 0 bridgehead atoms. The molecule has 2 aliphatic rings. The molecule has 186 valence electrons. The SMILES string of the molecule is CCNC(=NCC(C)(C)N1CCCCC1)NCCC(=O)N1CCN(c2ccccn2)CC1.I. The van der Waals surface area contributed by atoms with Crippen LogP contribution in [0.15, 0.2) is 29.4 Å². The van der Waals surface area contributed by atoms with Crippen molar-refractivity contribution in [1.82, 2.24) is 25.4 Å². The van der Waals surface area contributed by atoms with Crippen LogP contribution in [0.3, 0.4) is 0 Å². The van der Waals surface area contributed by atoms with Crippen LogP contribution in [0.1, 0.15) is 46.5 Å². The van der Waals surface area contributed by atoms with E-state index in [-0.39, 0.29) is 35.4 Å². The average molecular weight is 572 g/mol. The Hall–Kier alpha value is -1.62. The van der Waals surface area contributed by atoms with Gasteiger partial charge in [0.1, 0.15) is 5.82 Å². The highest BCUT2D eigenvalue weighted by molar-refractivity contribution is 14.0. The van der Waals surface area contributed by atoms with Crippen LogP contribution in [0.4, 0.5) is 5.82 Å². The third kappa shape index (κ3) is 8.59. The molecule has 0 saturated carbocycles. The van der Waals surface area contributed by atoms with Gasteiger partial charge in [-0.1, -0.05) is 12.5 Å². The number of rotatable bonds is 8. The van der Waals surface area contributed by atoms with Crippen LogP contribution < -0.4 is 15.5 Å². The van der Waals surface area contributed by atoms with Crippen LogP contribution in [0.2, 0.25) is 0 Å². The van der Waals surface area contributed by atoms with E-state index >= 15 is 0 Å². The van der Waals surface area contributed by atoms with Crippen LogP contribution in [0.25, 0.3) is 0 Å². The molecule has 9 heteroatoms. The standard InChI is InChI=1S/C24H41N7O.HI/c1-4-25-23(28-20-24(2,3)31-14-8-5-9-15-31)27-13-11-22(32)30-18-16-29(17-19-30)21-10-6-7-12-26-21;/h6-7,10,12H,4-5,8-9,11,13-20H2,1-3H3,(H2,25,27,28);1H. The molecule has 2 N–H and O–H groups in total. The Balaban J connectivity index is 0.00000385. The zero-order valence-corrected chi connectivity index (χ0v) is 22.9. The molecule has 1 aromatic rings. The van der Waals surface area contributed by atoms with Gasteiger partial charge in [0, 0.05) is 57.4 Å². The number of nitrogens with one attached hydrogen (secondary N) is 2. The average Bonchev–Trinajstić information content (AvgIpc) is 2.83. The molecule has 1 aromatic heterocycles. The first-order chi connectivity index (χ1) is 15.5. The van der Waals surface area contributed by atoms with E-state index in [2.05, 4.69) is 46.2 Å². The Kier molecular flexibility index (Phi) is 11.7. The minimum absolute atomic E-state index is 0. The number of hydrogen-bond acceptors (Lipinski definition) is 5. The maximum atomic E-state index is 12.7. The molecule has 8 nitrogen and oxygen atoms in total. The Morgan fingerprint density at radius 1 is 1.06 bits per heavy atom. The minimum atomic E-state index is 0. The lowest BCUT2D eigenvalue weighted by Gasteiger charge is -2.40. The number of nitrogens with zero attached hydrogens (tertiary/aromatic N) is 5. The van der Waals surface area contributed by atoms with Crippen molar-refractivity contribution >= 4 is 41.7 Å². The fraction of sp³-hybridized carbons (Fsp3) is 0.708. The molecule has 0 atom stereocenters. The number of pyridine rings is 1. The highest BCUT2D eigenvalue weighted by Gasteiger charge is 2.27. The molecule has 2 aliphatic heterocycles. The molecule has 0 spiro atoms. The third-order valence-electron chi connectivity index (χ3n) is 6.42. The normalized spacial score (nSPS) is 18.0. The highest BCUT2D eigenvalue weighted by atomic mass is 127. The van der Waals surface area contributed by atoms with E-state index in [0.717, 1.165) is 64.1 Å². The zero-order valence-electron chi connectivity index (χ0n) is 20.6. The van der Waals surface area contributed by atoms with Crippen LogP contribution in [0.5, 0.6) is 0 Å². The predicted octanol–water partition coefficient (Wildman–Crippen LogP) is 2.56. The molecule has 0 radical (unpaired) electrons. The second kappa shape index (κ2) is 13.9. The predicted molar refractivity (Wildman–Crippen MR) is 147 cm³/mol. The van der Waals surface area contributed by atoms with Crippen molar-refractivity contribution in [2.75, 3.05) is 63.8 Å². The third-order valence-corrected chi connectivity index (χ3v) is 6.42. The van der Waals surface area contributed by atoms with Gasteiger partial charge in [0.15, 0.2) is 5.96 Å². The summed E-state index contributed by atoms with van der Waals surface area (Å²) in [6.45, 7) is 14.2. The molecule has 0 aliphatic carbocycles. The summed E-state index contributed by atoms with van der Waals surface area (Å²) in [7, 11) is 0. The molecule has 3 rings (SSSR count). The fourth-order valence-corrected chi connectivity index (χ4v) is 4.39. The van der Waals surface area contributed by atoms with Crippen LogP contribution in [0, 0.1) is 0 Å². The maximum Gasteiger partial charge on any atom is 0.224 e. The smallest absolute Gasteiger partial charge is 0.224 e. The van der Waals surface area contributed by atoms with Crippen molar-refractivity contribution in [3.63, 3.8) is 0 Å². The van der Waals surface area contributed by atoms with Crippen molar-refractivity contribution in [3.05, 3.63) is 24.4 Å². The minimum Gasteiger partial charge on any atom is -0.357 e. The lowest BCUT2D eigenvalue weighted by atomic mass is 9.99. The number of aliphatic imine (C=N–C) groups is 1. The molecule has 3 heterocycles. The Bertz CT molecular complexity index is 730. The second-order valence-corrected chi connectivity index (χ2v) is 9.29. The number of carbonyl (C=O) groups excluding carboxylic acids is 1. The molecule has 0 unspecified atom stereocenters. The lowest BCUT2D eigenvalue weighted by Crippen LogP contribution is -2.50. The van der Waals surface area contributed by atoms with Gasteiger partial charge < -0.3 is 20.4 Å². The van der Waals surface area contributed by atoms with Crippen molar-refractivity contribution in [2.45, 2.75) is 52.0 Å². The van der Waals surface area contributed by atoms with Crippen molar-refractivity contribution < 1.29 is 4.79 Å². The van der Waals surface area contributed by atoms with Crippen molar-refractivity contribution in [3.8, 4) is 0 Å². The number of anilines is 1. The number of carbonyl (C=O) groups is 1. The summed E-state index contributed by atoms with van der Waals surface area (Å²) in [4.78, 5) is 28.7. The molecule has 0 aromatic carbocycles. The van der Waals surface area contributed by atoms with Crippen LogP contribution in [-0.2, 0) is 4.79 Å². The summed E-state index contributed by atoms with van der Waals surface area (Å²) >= 11 is 0. The van der Waals surface area contributed by atoms with Gasteiger partial charge in [-0.25, -0.2) is 4.98 Å². The first kappa shape index (κ1) is 27.6. The number of amides is 1. The van der Waals surface area contributed by atoms with Gasteiger partial charge in [0.25, 0.3) is 0 Å². The number of piperidine rings is 1. The second-order valence-electron chi connectivity index (χ2n) is 9.29. The van der Waals surface area contributed by atoms with E-state index in [1.54, 1.807) is 0 Å². The molecular weight excluding hydrogens is 529 g/mol. The first-order valence-electron chi connectivity index (χ1n) is 12.2. The van der Waals surface area contributed by atoms with Crippen LogP contribution >= 0.6 is 24.0 Å². The Labute approximate surface area is 216 Å².